The summed E-state index contributed by atoms with van der Waals surface area (Å²) in [6.07, 6.45) is 3.64. The third-order valence-corrected chi connectivity index (χ3v) is 4.01. The van der Waals surface area contributed by atoms with E-state index in [1.165, 1.54) is 0 Å². The van der Waals surface area contributed by atoms with Crippen LogP contribution in [-0.2, 0) is 0 Å². The summed E-state index contributed by atoms with van der Waals surface area (Å²) in [5.41, 5.74) is -0.215. The SMILES string of the molecule is O=C(NCC1CCC(Cl)CC1)c1cc(F)c(F)c(F)c1. The Hall–Kier alpha value is -1.23. The maximum absolute atomic E-state index is 13.0. The fourth-order valence-corrected chi connectivity index (χ4v) is 2.60. The standard InChI is InChI=1S/C14H15ClF3NO/c15-10-3-1-8(2-4-10)7-19-14(20)9-5-11(16)13(18)12(17)6-9/h5-6,8,10H,1-4,7H2,(H,19,20). The van der Waals surface area contributed by atoms with Crippen LogP contribution in [0.2, 0.25) is 0 Å². The number of alkyl halides is 1. The number of amides is 1. The van der Waals surface area contributed by atoms with Crippen molar-refractivity contribution in [3.05, 3.63) is 35.1 Å². The normalized spacial score (nSPS) is 22.6. The van der Waals surface area contributed by atoms with Crippen LogP contribution in [0.1, 0.15) is 36.0 Å². The van der Waals surface area contributed by atoms with Crippen molar-refractivity contribution in [1.82, 2.24) is 5.32 Å². The fraction of sp³-hybridized carbons (Fsp3) is 0.500. The quantitative estimate of drug-likeness (QED) is 0.670. The number of carbonyl (C=O) groups is 1. The minimum atomic E-state index is -1.57. The Morgan fingerprint density at radius 2 is 1.70 bits per heavy atom. The topological polar surface area (TPSA) is 29.1 Å². The van der Waals surface area contributed by atoms with Crippen molar-refractivity contribution in [3.8, 4) is 0 Å². The predicted octanol–water partition coefficient (Wildman–Crippen LogP) is 3.63. The van der Waals surface area contributed by atoms with Gasteiger partial charge in [0.05, 0.1) is 0 Å². The average molecular weight is 306 g/mol. The first-order chi connectivity index (χ1) is 9.47. The van der Waals surface area contributed by atoms with E-state index in [2.05, 4.69) is 5.32 Å². The molecule has 20 heavy (non-hydrogen) atoms. The van der Waals surface area contributed by atoms with E-state index in [0.717, 1.165) is 25.7 Å². The molecule has 0 radical (unpaired) electrons. The van der Waals surface area contributed by atoms with Crippen LogP contribution in [0.3, 0.4) is 0 Å². The van der Waals surface area contributed by atoms with Gasteiger partial charge < -0.3 is 5.32 Å². The van der Waals surface area contributed by atoms with Crippen LogP contribution in [0, 0.1) is 23.4 Å². The van der Waals surface area contributed by atoms with Crippen molar-refractivity contribution in [3.63, 3.8) is 0 Å². The van der Waals surface area contributed by atoms with Gasteiger partial charge in [0, 0.05) is 17.5 Å². The van der Waals surface area contributed by atoms with E-state index in [4.69, 9.17) is 11.6 Å². The van der Waals surface area contributed by atoms with Crippen LogP contribution in [0.25, 0.3) is 0 Å². The van der Waals surface area contributed by atoms with Gasteiger partial charge in [0.25, 0.3) is 5.91 Å². The Kier molecular flexibility index (Phi) is 4.91. The minimum absolute atomic E-state index is 0.197. The lowest BCUT2D eigenvalue weighted by atomic mass is 9.89. The zero-order chi connectivity index (χ0) is 14.7. The van der Waals surface area contributed by atoms with E-state index in [0.29, 0.717) is 24.6 Å². The largest absolute Gasteiger partial charge is 0.352 e. The Labute approximate surface area is 120 Å². The number of carbonyl (C=O) groups excluding carboxylic acids is 1. The molecule has 1 N–H and O–H groups in total. The molecule has 1 fully saturated rings. The molecule has 0 spiro atoms. The van der Waals surface area contributed by atoms with Crippen molar-refractivity contribution >= 4 is 17.5 Å². The Balaban J connectivity index is 1.92. The molecule has 0 atom stereocenters. The van der Waals surface area contributed by atoms with Gasteiger partial charge in [-0.2, -0.15) is 0 Å². The molecule has 0 heterocycles. The molecule has 1 aliphatic rings. The van der Waals surface area contributed by atoms with Crippen LogP contribution in [0.4, 0.5) is 13.2 Å². The van der Waals surface area contributed by atoms with Gasteiger partial charge in [0.1, 0.15) is 0 Å². The molecule has 2 rings (SSSR count). The Bertz CT molecular complexity index is 478. The molecule has 1 aromatic rings. The van der Waals surface area contributed by atoms with Crippen LogP contribution in [0.15, 0.2) is 12.1 Å². The summed E-state index contributed by atoms with van der Waals surface area (Å²) < 4.78 is 38.9. The highest BCUT2D eigenvalue weighted by Crippen LogP contribution is 2.27. The van der Waals surface area contributed by atoms with E-state index >= 15 is 0 Å². The molecule has 1 aliphatic carbocycles. The highest BCUT2D eigenvalue weighted by molar-refractivity contribution is 6.20. The monoisotopic (exact) mass is 305 g/mol. The van der Waals surface area contributed by atoms with Crippen LogP contribution in [0.5, 0.6) is 0 Å². The van der Waals surface area contributed by atoms with Gasteiger partial charge in [-0.3, -0.25) is 4.79 Å². The molecule has 6 heteroatoms. The molecular weight excluding hydrogens is 291 g/mol. The number of hydrogen-bond donors (Lipinski definition) is 1. The van der Waals surface area contributed by atoms with Gasteiger partial charge in [-0.05, 0) is 43.7 Å². The zero-order valence-corrected chi connectivity index (χ0v) is 11.5. The number of hydrogen-bond acceptors (Lipinski definition) is 1. The van der Waals surface area contributed by atoms with E-state index in [-0.39, 0.29) is 10.9 Å². The number of benzene rings is 1. The van der Waals surface area contributed by atoms with Gasteiger partial charge in [0.2, 0.25) is 0 Å². The number of halogens is 4. The second kappa shape index (κ2) is 6.48. The van der Waals surface area contributed by atoms with Gasteiger partial charge in [0.15, 0.2) is 17.5 Å². The average Bonchev–Trinajstić information content (AvgIpc) is 2.43. The number of rotatable bonds is 3. The first-order valence-corrected chi connectivity index (χ1v) is 6.98. The highest BCUT2D eigenvalue weighted by Gasteiger charge is 2.21. The molecule has 1 aromatic carbocycles. The second-order valence-electron chi connectivity index (χ2n) is 5.08. The molecule has 1 amide bonds. The second-order valence-corrected chi connectivity index (χ2v) is 5.70. The van der Waals surface area contributed by atoms with Crippen LogP contribution in [-0.4, -0.2) is 17.8 Å². The molecule has 1 saturated carbocycles. The summed E-state index contributed by atoms with van der Waals surface area (Å²) in [5.74, 6) is -4.57. The maximum Gasteiger partial charge on any atom is 0.251 e. The maximum atomic E-state index is 13.0. The zero-order valence-electron chi connectivity index (χ0n) is 10.8. The molecule has 0 unspecified atom stereocenters. The van der Waals surface area contributed by atoms with E-state index < -0.39 is 23.4 Å². The molecule has 0 bridgehead atoms. The summed E-state index contributed by atoms with van der Waals surface area (Å²) in [7, 11) is 0. The Morgan fingerprint density at radius 3 is 2.25 bits per heavy atom. The van der Waals surface area contributed by atoms with Crippen LogP contribution >= 0.6 is 11.6 Å². The fourth-order valence-electron chi connectivity index (χ4n) is 2.35. The molecular formula is C14H15ClF3NO. The summed E-state index contributed by atoms with van der Waals surface area (Å²) in [6, 6.07) is 1.40. The first-order valence-electron chi connectivity index (χ1n) is 6.54. The first kappa shape index (κ1) is 15.2. The molecule has 2 nitrogen and oxygen atoms in total. The lowest BCUT2D eigenvalue weighted by Gasteiger charge is -2.25. The molecule has 0 aliphatic heterocycles. The van der Waals surface area contributed by atoms with E-state index in [1.807, 2.05) is 0 Å². The lowest BCUT2D eigenvalue weighted by molar-refractivity contribution is 0.0942. The van der Waals surface area contributed by atoms with Crippen molar-refractivity contribution in [2.24, 2.45) is 5.92 Å². The third kappa shape index (κ3) is 3.66. The number of nitrogens with one attached hydrogen (secondary N) is 1. The van der Waals surface area contributed by atoms with Gasteiger partial charge in [-0.15, -0.1) is 11.6 Å². The van der Waals surface area contributed by atoms with Crippen molar-refractivity contribution in [1.29, 1.82) is 0 Å². The highest BCUT2D eigenvalue weighted by atomic mass is 35.5. The summed E-state index contributed by atoms with van der Waals surface area (Å²) in [5, 5.41) is 2.82. The molecule has 0 saturated heterocycles. The van der Waals surface area contributed by atoms with E-state index in [9.17, 15) is 18.0 Å². The molecule has 0 aromatic heterocycles. The minimum Gasteiger partial charge on any atom is -0.352 e. The van der Waals surface area contributed by atoms with Crippen molar-refractivity contribution in [2.45, 2.75) is 31.1 Å². The summed E-state index contributed by atoms with van der Waals surface area (Å²) in [6.45, 7) is 0.434. The Morgan fingerprint density at radius 1 is 1.15 bits per heavy atom. The van der Waals surface area contributed by atoms with Crippen molar-refractivity contribution in [2.75, 3.05) is 6.54 Å². The lowest BCUT2D eigenvalue weighted by Crippen LogP contribution is -2.31. The van der Waals surface area contributed by atoms with Gasteiger partial charge in [-0.25, -0.2) is 13.2 Å². The predicted molar refractivity (Wildman–Crippen MR) is 70.2 cm³/mol. The van der Waals surface area contributed by atoms with Gasteiger partial charge >= 0.3 is 0 Å². The van der Waals surface area contributed by atoms with Crippen molar-refractivity contribution < 1.29 is 18.0 Å². The summed E-state index contributed by atoms with van der Waals surface area (Å²) in [4.78, 5) is 11.8. The van der Waals surface area contributed by atoms with Crippen LogP contribution < -0.4 is 5.32 Å². The van der Waals surface area contributed by atoms with Gasteiger partial charge in [-0.1, -0.05) is 0 Å². The van der Waals surface area contributed by atoms with E-state index in [1.54, 1.807) is 0 Å². The smallest absolute Gasteiger partial charge is 0.251 e. The summed E-state index contributed by atoms with van der Waals surface area (Å²) >= 11 is 5.98. The molecule has 110 valence electrons. The third-order valence-electron chi connectivity index (χ3n) is 3.57.